The number of carbonyl (C=O) groups excluding carboxylic acids is 1. The van der Waals surface area contributed by atoms with Crippen LogP contribution < -0.4 is 0 Å². The molecule has 0 aromatic heterocycles. The maximum Gasteiger partial charge on any atom is 0.408 e. The predicted octanol–water partition coefficient (Wildman–Crippen LogP) is 4.30. The van der Waals surface area contributed by atoms with Crippen LogP contribution in [0.25, 0.3) is 0 Å². The summed E-state index contributed by atoms with van der Waals surface area (Å²) in [5.41, 5.74) is -1.17. The Balaban J connectivity index is 2.51. The molecule has 2 rings (SSSR count). The Hall–Kier alpha value is -2.18. The number of carbonyl (C=O) groups is 2. The van der Waals surface area contributed by atoms with E-state index in [0.29, 0.717) is 24.8 Å². The molecule has 1 aromatic carbocycles. The molecule has 0 unspecified atom stereocenters. The zero-order chi connectivity index (χ0) is 19.7. The number of hydrogen-bond acceptors (Lipinski definition) is 3. The third-order valence-corrected chi connectivity index (χ3v) is 5.37. The summed E-state index contributed by atoms with van der Waals surface area (Å²) in [6, 6.07) is 3.15. The van der Waals surface area contributed by atoms with Gasteiger partial charge in [-0.15, -0.1) is 0 Å². The minimum absolute atomic E-state index is 0.100. The maximum absolute atomic E-state index is 13.9. The summed E-state index contributed by atoms with van der Waals surface area (Å²) < 4.78 is 32.0. The van der Waals surface area contributed by atoms with Crippen LogP contribution in [0.3, 0.4) is 0 Å². The van der Waals surface area contributed by atoms with E-state index < -0.39 is 40.7 Å². The molecule has 2 atom stereocenters. The Labute approximate surface area is 151 Å². The van der Waals surface area contributed by atoms with Crippen molar-refractivity contribution in [1.82, 2.24) is 4.90 Å². The van der Waals surface area contributed by atoms with Crippen molar-refractivity contribution in [3.63, 3.8) is 0 Å². The highest BCUT2D eigenvalue weighted by atomic mass is 19.2. The number of nitrogens with zero attached hydrogens (tertiary/aromatic N) is 1. The number of halogens is 2. The van der Waals surface area contributed by atoms with Gasteiger partial charge in [0.2, 0.25) is 0 Å². The standard InChI is InChI=1S/C19H25F2NO4/c1-18(2,3)19(12-5-7-14(20)15(21)11-12)10-9-13(22(19)17(24)25)6-8-16(23)26-4/h5,7,11,13H,6,8-10H2,1-4H3,(H,24,25)/t13-,19+/m0/s1. The molecule has 144 valence electrons. The van der Waals surface area contributed by atoms with Gasteiger partial charge in [-0.05, 0) is 42.4 Å². The van der Waals surface area contributed by atoms with Crippen LogP contribution in [0.1, 0.15) is 52.0 Å². The number of hydrogen-bond donors (Lipinski definition) is 1. The maximum atomic E-state index is 13.9. The van der Waals surface area contributed by atoms with Gasteiger partial charge in [0.15, 0.2) is 11.6 Å². The molecule has 1 aliphatic rings. The lowest BCUT2D eigenvalue weighted by Crippen LogP contribution is -2.55. The van der Waals surface area contributed by atoms with Gasteiger partial charge in [-0.3, -0.25) is 9.69 Å². The van der Waals surface area contributed by atoms with Crippen molar-refractivity contribution < 1.29 is 28.2 Å². The Bertz CT molecular complexity index is 701. The molecular weight excluding hydrogens is 344 g/mol. The van der Waals surface area contributed by atoms with Crippen LogP contribution in [0.5, 0.6) is 0 Å². The van der Waals surface area contributed by atoms with Crippen molar-refractivity contribution in [2.75, 3.05) is 7.11 Å². The molecule has 0 aliphatic carbocycles. The van der Waals surface area contributed by atoms with E-state index in [1.807, 2.05) is 20.8 Å². The molecule has 1 saturated heterocycles. The third kappa shape index (κ3) is 3.39. The van der Waals surface area contributed by atoms with E-state index in [1.54, 1.807) is 0 Å². The van der Waals surface area contributed by atoms with E-state index in [9.17, 15) is 23.5 Å². The van der Waals surface area contributed by atoms with Crippen LogP contribution in [-0.2, 0) is 15.1 Å². The molecule has 1 aliphatic heterocycles. The average molecular weight is 369 g/mol. The molecule has 7 heteroatoms. The fraction of sp³-hybridized carbons (Fsp3) is 0.579. The summed E-state index contributed by atoms with van der Waals surface area (Å²) in [7, 11) is 1.28. The first-order valence-corrected chi connectivity index (χ1v) is 8.59. The fourth-order valence-corrected chi connectivity index (χ4v) is 4.12. The van der Waals surface area contributed by atoms with Gasteiger partial charge >= 0.3 is 12.1 Å². The number of esters is 1. The molecule has 1 fully saturated rings. The van der Waals surface area contributed by atoms with Crippen LogP contribution in [0, 0.1) is 17.0 Å². The zero-order valence-corrected chi connectivity index (χ0v) is 15.5. The third-order valence-electron chi connectivity index (χ3n) is 5.37. The summed E-state index contributed by atoms with van der Waals surface area (Å²) in [6.07, 6.45) is 0.264. The van der Waals surface area contributed by atoms with Gasteiger partial charge in [0.1, 0.15) is 0 Å². The lowest BCUT2D eigenvalue weighted by molar-refractivity contribution is -0.141. The second-order valence-electron chi connectivity index (χ2n) is 7.70. The first kappa shape index (κ1) is 20.1. The van der Waals surface area contributed by atoms with Gasteiger partial charge in [-0.25, -0.2) is 13.6 Å². The van der Waals surface area contributed by atoms with E-state index in [2.05, 4.69) is 4.74 Å². The molecule has 1 heterocycles. The molecule has 0 saturated carbocycles. The number of carboxylic acid groups (broad SMARTS) is 1. The number of rotatable bonds is 4. The summed E-state index contributed by atoms with van der Waals surface area (Å²) in [5.74, 6) is -2.38. The van der Waals surface area contributed by atoms with Crippen LogP contribution in [0.4, 0.5) is 13.6 Å². The first-order chi connectivity index (χ1) is 12.0. The normalized spacial score (nSPS) is 23.2. The van der Waals surface area contributed by atoms with Crippen molar-refractivity contribution >= 4 is 12.1 Å². The second kappa shape index (κ2) is 7.21. The van der Waals surface area contributed by atoms with Gasteiger partial charge < -0.3 is 9.84 Å². The van der Waals surface area contributed by atoms with E-state index in [-0.39, 0.29) is 6.42 Å². The van der Waals surface area contributed by atoms with Gasteiger partial charge in [0.05, 0.1) is 12.6 Å². The van der Waals surface area contributed by atoms with Crippen molar-refractivity contribution in [2.24, 2.45) is 5.41 Å². The minimum Gasteiger partial charge on any atom is -0.469 e. The summed E-state index contributed by atoms with van der Waals surface area (Å²) in [5, 5.41) is 9.93. The average Bonchev–Trinajstić information content (AvgIpc) is 2.95. The summed E-state index contributed by atoms with van der Waals surface area (Å²) in [4.78, 5) is 25.0. The van der Waals surface area contributed by atoms with E-state index >= 15 is 0 Å². The van der Waals surface area contributed by atoms with Crippen molar-refractivity contribution in [3.05, 3.63) is 35.4 Å². The van der Waals surface area contributed by atoms with E-state index in [4.69, 9.17) is 0 Å². The smallest absolute Gasteiger partial charge is 0.408 e. The van der Waals surface area contributed by atoms with E-state index in [1.165, 1.54) is 18.1 Å². The highest BCUT2D eigenvalue weighted by molar-refractivity contribution is 5.70. The van der Waals surface area contributed by atoms with Gasteiger partial charge in [0, 0.05) is 12.5 Å². The van der Waals surface area contributed by atoms with Crippen molar-refractivity contribution in [2.45, 2.75) is 58.0 Å². The molecule has 1 N–H and O–H groups in total. The Morgan fingerprint density at radius 2 is 1.96 bits per heavy atom. The number of ether oxygens (including phenoxy) is 1. The molecule has 0 radical (unpaired) electrons. The topological polar surface area (TPSA) is 66.8 Å². The lowest BCUT2D eigenvalue weighted by Gasteiger charge is -2.49. The number of likely N-dealkylation sites (tertiary alicyclic amines) is 1. The Kier molecular flexibility index (Phi) is 5.58. The summed E-state index contributed by atoms with van der Waals surface area (Å²) in [6.45, 7) is 5.65. The van der Waals surface area contributed by atoms with Crippen LogP contribution in [0.2, 0.25) is 0 Å². The van der Waals surface area contributed by atoms with E-state index in [0.717, 1.165) is 12.1 Å². The molecule has 5 nitrogen and oxygen atoms in total. The van der Waals surface area contributed by atoms with Gasteiger partial charge in [0.25, 0.3) is 0 Å². The Morgan fingerprint density at radius 3 is 2.46 bits per heavy atom. The molecule has 26 heavy (non-hydrogen) atoms. The molecule has 0 bridgehead atoms. The zero-order valence-electron chi connectivity index (χ0n) is 15.5. The van der Waals surface area contributed by atoms with Gasteiger partial charge in [-0.1, -0.05) is 26.8 Å². The second-order valence-corrected chi connectivity index (χ2v) is 7.70. The Morgan fingerprint density at radius 1 is 1.31 bits per heavy atom. The highest BCUT2D eigenvalue weighted by Gasteiger charge is 2.56. The van der Waals surface area contributed by atoms with Gasteiger partial charge in [-0.2, -0.15) is 0 Å². The molecule has 0 spiro atoms. The first-order valence-electron chi connectivity index (χ1n) is 8.59. The lowest BCUT2D eigenvalue weighted by atomic mass is 9.67. The fourth-order valence-electron chi connectivity index (χ4n) is 4.12. The van der Waals surface area contributed by atoms with Crippen LogP contribution >= 0.6 is 0 Å². The van der Waals surface area contributed by atoms with Crippen molar-refractivity contribution in [1.29, 1.82) is 0 Å². The SMILES string of the molecule is COC(=O)CC[C@H]1CC[C@@](c2ccc(F)c(F)c2)(C(C)(C)C)N1C(=O)O. The largest absolute Gasteiger partial charge is 0.469 e. The summed E-state index contributed by atoms with van der Waals surface area (Å²) >= 11 is 0. The molecule has 1 aromatic rings. The van der Waals surface area contributed by atoms with Crippen LogP contribution in [-0.4, -0.2) is 35.2 Å². The van der Waals surface area contributed by atoms with Crippen LogP contribution in [0.15, 0.2) is 18.2 Å². The number of benzene rings is 1. The van der Waals surface area contributed by atoms with Crippen molar-refractivity contribution in [3.8, 4) is 0 Å². The number of methoxy groups -OCH3 is 1. The quantitative estimate of drug-likeness (QED) is 0.804. The highest BCUT2D eigenvalue weighted by Crippen LogP contribution is 2.54. The number of amides is 1. The minimum atomic E-state index is -1.14. The molecular formula is C19H25F2NO4. The molecule has 1 amide bonds. The predicted molar refractivity (Wildman–Crippen MR) is 91.6 cm³/mol. The monoisotopic (exact) mass is 369 g/mol.